The van der Waals surface area contributed by atoms with Gasteiger partial charge in [-0.25, -0.2) is 4.98 Å². The van der Waals surface area contributed by atoms with Gasteiger partial charge < -0.3 is 20.1 Å². The minimum atomic E-state index is -0.294. The maximum absolute atomic E-state index is 12.4. The Morgan fingerprint density at radius 1 is 0.964 bits per heavy atom. The smallest absolute Gasteiger partial charge is 0.274 e. The van der Waals surface area contributed by atoms with E-state index >= 15 is 0 Å². The van der Waals surface area contributed by atoms with Crippen molar-refractivity contribution in [2.45, 2.75) is 13.5 Å². The Hall–Kier alpha value is -3.54. The number of aromatic nitrogens is 1. The molecule has 0 radical (unpaired) electrons. The van der Waals surface area contributed by atoms with Gasteiger partial charge in [0.25, 0.3) is 5.91 Å². The van der Waals surface area contributed by atoms with Crippen molar-refractivity contribution in [1.82, 2.24) is 4.98 Å². The van der Waals surface area contributed by atoms with Gasteiger partial charge >= 0.3 is 0 Å². The third-order valence-electron chi connectivity index (χ3n) is 4.38. The summed E-state index contributed by atoms with van der Waals surface area (Å²) in [5.41, 5.74) is 4.24. The molecule has 0 unspecified atom stereocenters. The summed E-state index contributed by atoms with van der Waals surface area (Å²) in [7, 11) is 3.11. The van der Waals surface area contributed by atoms with Gasteiger partial charge in [-0.3, -0.25) is 4.79 Å². The Labute approximate surface area is 164 Å². The maximum Gasteiger partial charge on any atom is 0.274 e. The summed E-state index contributed by atoms with van der Waals surface area (Å²) in [5, 5.41) is 6.13. The number of anilines is 2. The lowest BCUT2D eigenvalue weighted by atomic mass is 10.1. The lowest BCUT2D eigenvalue weighted by Gasteiger charge is -2.11. The SMILES string of the molecule is COc1ccc(NC(=O)c2ccc(NCc3ccccc3C)cn2)cc1OC. The second-order valence-electron chi connectivity index (χ2n) is 6.24. The molecule has 0 aliphatic rings. The number of rotatable bonds is 7. The molecule has 0 bridgehead atoms. The Kier molecular flexibility index (Phi) is 6.11. The molecule has 28 heavy (non-hydrogen) atoms. The molecule has 0 aliphatic heterocycles. The average Bonchev–Trinajstić information content (AvgIpc) is 2.73. The topological polar surface area (TPSA) is 72.5 Å². The van der Waals surface area contributed by atoms with Crippen molar-refractivity contribution in [2.24, 2.45) is 0 Å². The van der Waals surface area contributed by atoms with Crippen LogP contribution >= 0.6 is 0 Å². The Balaban J connectivity index is 1.63. The number of ether oxygens (including phenoxy) is 2. The Bertz CT molecular complexity index is 955. The maximum atomic E-state index is 12.4. The largest absolute Gasteiger partial charge is 0.493 e. The summed E-state index contributed by atoms with van der Waals surface area (Å²) in [5.74, 6) is 0.851. The summed E-state index contributed by atoms with van der Waals surface area (Å²) in [6, 6.07) is 16.9. The highest BCUT2D eigenvalue weighted by molar-refractivity contribution is 6.03. The van der Waals surface area contributed by atoms with Crippen molar-refractivity contribution in [3.8, 4) is 11.5 Å². The molecular weight excluding hydrogens is 354 g/mol. The molecule has 6 heteroatoms. The predicted octanol–water partition coefficient (Wildman–Crippen LogP) is 4.27. The number of hydrogen-bond acceptors (Lipinski definition) is 5. The molecule has 1 amide bonds. The lowest BCUT2D eigenvalue weighted by molar-refractivity contribution is 0.102. The number of hydrogen-bond donors (Lipinski definition) is 2. The molecular formula is C22H23N3O3. The molecule has 3 aromatic rings. The van der Waals surface area contributed by atoms with Gasteiger partial charge in [0.1, 0.15) is 5.69 Å². The van der Waals surface area contributed by atoms with Gasteiger partial charge in [-0.2, -0.15) is 0 Å². The number of carbonyl (C=O) groups is 1. The van der Waals surface area contributed by atoms with E-state index < -0.39 is 0 Å². The van der Waals surface area contributed by atoms with Crippen LogP contribution in [0.15, 0.2) is 60.8 Å². The van der Waals surface area contributed by atoms with Crippen LogP contribution in [0.3, 0.4) is 0 Å². The molecule has 3 rings (SSSR count). The molecule has 0 fully saturated rings. The monoisotopic (exact) mass is 377 g/mol. The molecule has 0 saturated heterocycles. The number of benzene rings is 2. The number of nitrogens with zero attached hydrogens (tertiary/aromatic N) is 1. The molecule has 0 aliphatic carbocycles. The van der Waals surface area contributed by atoms with Crippen LogP contribution in [0.4, 0.5) is 11.4 Å². The van der Waals surface area contributed by atoms with Gasteiger partial charge in [0.2, 0.25) is 0 Å². The molecule has 6 nitrogen and oxygen atoms in total. The second-order valence-corrected chi connectivity index (χ2v) is 6.24. The molecule has 1 aromatic heterocycles. The number of nitrogens with one attached hydrogen (secondary N) is 2. The highest BCUT2D eigenvalue weighted by Crippen LogP contribution is 2.29. The first-order chi connectivity index (χ1) is 13.6. The zero-order valence-electron chi connectivity index (χ0n) is 16.2. The first-order valence-electron chi connectivity index (χ1n) is 8.88. The van der Waals surface area contributed by atoms with Gasteiger partial charge in [-0.15, -0.1) is 0 Å². The van der Waals surface area contributed by atoms with Crippen molar-refractivity contribution in [3.05, 3.63) is 77.6 Å². The van der Waals surface area contributed by atoms with E-state index in [0.29, 0.717) is 29.4 Å². The van der Waals surface area contributed by atoms with Crippen LogP contribution < -0.4 is 20.1 Å². The first kappa shape index (κ1) is 19.2. The van der Waals surface area contributed by atoms with Crippen LogP contribution in [-0.2, 0) is 6.54 Å². The van der Waals surface area contributed by atoms with E-state index in [1.54, 1.807) is 44.7 Å². The minimum absolute atomic E-state index is 0.294. The van der Waals surface area contributed by atoms with Crippen LogP contribution in [0, 0.1) is 6.92 Å². The standard InChI is InChI=1S/C22H23N3O3/c1-15-6-4-5-7-16(15)13-23-18-8-10-19(24-14-18)22(26)25-17-9-11-20(27-2)21(12-17)28-3/h4-12,14,23H,13H2,1-3H3,(H,25,26). The van der Waals surface area contributed by atoms with Crippen molar-refractivity contribution >= 4 is 17.3 Å². The summed E-state index contributed by atoms with van der Waals surface area (Å²) < 4.78 is 10.5. The molecule has 0 spiro atoms. The quantitative estimate of drug-likeness (QED) is 0.643. The molecule has 2 aromatic carbocycles. The normalized spacial score (nSPS) is 10.2. The lowest BCUT2D eigenvalue weighted by Crippen LogP contribution is -2.14. The number of pyridine rings is 1. The van der Waals surface area contributed by atoms with Crippen molar-refractivity contribution in [3.63, 3.8) is 0 Å². The number of methoxy groups -OCH3 is 2. The fourth-order valence-corrected chi connectivity index (χ4v) is 2.75. The van der Waals surface area contributed by atoms with Crippen molar-refractivity contribution < 1.29 is 14.3 Å². The summed E-state index contributed by atoms with van der Waals surface area (Å²) >= 11 is 0. The highest BCUT2D eigenvalue weighted by atomic mass is 16.5. The molecule has 0 saturated carbocycles. The van der Waals surface area contributed by atoms with Crippen LogP contribution in [0.25, 0.3) is 0 Å². The van der Waals surface area contributed by atoms with Gasteiger partial charge in [-0.05, 0) is 42.3 Å². The second kappa shape index (κ2) is 8.90. The van der Waals surface area contributed by atoms with E-state index in [2.05, 4.69) is 34.7 Å². The van der Waals surface area contributed by atoms with Crippen LogP contribution in [0.2, 0.25) is 0 Å². The molecule has 144 valence electrons. The van der Waals surface area contributed by atoms with Crippen LogP contribution in [-0.4, -0.2) is 25.1 Å². The number of amides is 1. The van der Waals surface area contributed by atoms with Gasteiger partial charge in [0.05, 0.1) is 26.1 Å². The van der Waals surface area contributed by atoms with E-state index in [1.807, 2.05) is 18.2 Å². The molecule has 2 N–H and O–H groups in total. The van der Waals surface area contributed by atoms with Crippen LogP contribution in [0.5, 0.6) is 11.5 Å². The zero-order chi connectivity index (χ0) is 19.9. The van der Waals surface area contributed by atoms with Gasteiger partial charge in [0, 0.05) is 18.3 Å². The average molecular weight is 377 g/mol. The number of carbonyl (C=O) groups excluding carboxylic acids is 1. The first-order valence-corrected chi connectivity index (χ1v) is 8.88. The van der Waals surface area contributed by atoms with Crippen LogP contribution in [0.1, 0.15) is 21.6 Å². The summed E-state index contributed by atoms with van der Waals surface area (Å²) in [6.45, 7) is 2.78. The van der Waals surface area contributed by atoms with Crippen molar-refractivity contribution in [1.29, 1.82) is 0 Å². The number of aryl methyl sites for hydroxylation is 1. The predicted molar refractivity (Wildman–Crippen MR) is 110 cm³/mol. The summed E-state index contributed by atoms with van der Waals surface area (Å²) in [4.78, 5) is 16.7. The van der Waals surface area contributed by atoms with Crippen molar-refractivity contribution in [2.75, 3.05) is 24.9 Å². The molecule has 0 atom stereocenters. The van der Waals surface area contributed by atoms with E-state index in [9.17, 15) is 4.79 Å². The Morgan fingerprint density at radius 3 is 2.39 bits per heavy atom. The fourth-order valence-electron chi connectivity index (χ4n) is 2.75. The summed E-state index contributed by atoms with van der Waals surface area (Å²) in [6.07, 6.45) is 1.65. The molecule has 1 heterocycles. The van der Waals surface area contributed by atoms with Gasteiger partial charge in [0.15, 0.2) is 11.5 Å². The minimum Gasteiger partial charge on any atom is -0.493 e. The zero-order valence-corrected chi connectivity index (χ0v) is 16.2. The fraction of sp³-hybridized carbons (Fsp3) is 0.182. The highest BCUT2D eigenvalue weighted by Gasteiger charge is 2.10. The van der Waals surface area contributed by atoms with E-state index in [0.717, 1.165) is 5.69 Å². The third kappa shape index (κ3) is 4.59. The Morgan fingerprint density at radius 2 is 1.71 bits per heavy atom. The van der Waals surface area contributed by atoms with E-state index in [4.69, 9.17) is 9.47 Å². The van der Waals surface area contributed by atoms with Gasteiger partial charge in [-0.1, -0.05) is 24.3 Å². The van der Waals surface area contributed by atoms with E-state index in [-0.39, 0.29) is 5.91 Å². The third-order valence-corrected chi connectivity index (χ3v) is 4.38. The van der Waals surface area contributed by atoms with E-state index in [1.165, 1.54) is 11.1 Å².